The van der Waals surface area contributed by atoms with E-state index in [1.807, 2.05) is 37.3 Å². The number of amides is 1. The fraction of sp³-hybridized carbons (Fsp3) is 0.400. The molecule has 0 aromatic heterocycles. The summed E-state index contributed by atoms with van der Waals surface area (Å²) in [6.45, 7) is 5.58. The van der Waals surface area contributed by atoms with Crippen LogP contribution in [0.2, 0.25) is 0 Å². The van der Waals surface area contributed by atoms with Gasteiger partial charge in [0.2, 0.25) is 0 Å². The van der Waals surface area contributed by atoms with Crippen molar-refractivity contribution >= 4 is 6.09 Å². The summed E-state index contributed by atoms with van der Waals surface area (Å²) in [7, 11) is 0. The summed E-state index contributed by atoms with van der Waals surface area (Å²) in [6.07, 6.45) is 0.491. The van der Waals surface area contributed by atoms with Gasteiger partial charge in [0.1, 0.15) is 12.8 Å². The molecule has 104 valence electrons. The van der Waals surface area contributed by atoms with Gasteiger partial charge < -0.3 is 10.1 Å². The molecule has 0 aliphatic heterocycles. The van der Waals surface area contributed by atoms with E-state index in [0.29, 0.717) is 6.42 Å². The van der Waals surface area contributed by atoms with E-state index in [0.717, 1.165) is 5.56 Å². The second-order valence-corrected chi connectivity index (χ2v) is 4.27. The maximum atomic E-state index is 13.7. The van der Waals surface area contributed by atoms with Gasteiger partial charge >= 0.3 is 6.09 Å². The van der Waals surface area contributed by atoms with E-state index < -0.39 is 12.3 Å². The van der Waals surface area contributed by atoms with E-state index in [-0.39, 0.29) is 19.1 Å². The quantitative estimate of drug-likeness (QED) is 0.767. The Morgan fingerprint density at radius 1 is 1.47 bits per heavy atom. The molecule has 0 saturated heterocycles. The van der Waals surface area contributed by atoms with Crippen LogP contribution in [0.5, 0.6) is 0 Å². The molecule has 0 unspecified atom stereocenters. The summed E-state index contributed by atoms with van der Waals surface area (Å²) in [5, 5.41) is 2.42. The number of hydrogen-bond donors (Lipinski definition) is 1. The van der Waals surface area contributed by atoms with E-state index in [4.69, 9.17) is 4.74 Å². The van der Waals surface area contributed by atoms with Crippen LogP contribution in [0.25, 0.3) is 0 Å². The van der Waals surface area contributed by atoms with Crippen LogP contribution in [0.15, 0.2) is 43.0 Å². The average molecular weight is 265 g/mol. The molecule has 19 heavy (non-hydrogen) atoms. The molecule has 1 aromatic rings. The smallest absolute Gasteiger partial charge is 0.407 e. The van der Waals surface area contributed by atoms with Gasteiger partial charge in [-0.25, -0.2) is 9.18 Å². The number of alkyl carbamates (subject to hydrolysis) is 1. The van der Waals surface area contributed by atoms with Crippen LogP contribution in [0.3, 0.4) is 0 Å². The van der Waals surface area contributed by atoms with Crippen molar-refractivity contribution in [2.24, 2.45) is 5.92 Å². The highest BCUT2D eigenvalue weighted by atomic mass is 19.1. The Morgan fingerprint density at radius 3 is 2.74 bits per heavy atom. The van der Waals surface area contributed by atoms with Crippen molar-refractivity contribution in [3.63, 3.8) is 0 Å². The Balaban J connectivity index is 2.26. The monoisotopic (exact) mass is 265 g/mol. The molecular formula is C15H20FNO2. The highest BCUT2D eigenvalue weighted by molar-refractivity contribution is 5.67. The van der Waals surface area contributed by atoms with Gasteiger partial charge in [0, 0.05) is 5.92 Å². The molecule has 3 nitrogen and oxygen atoms in total. The molecule has 1 N–H and O–H groups in total. The molecule has 0 fully saturated rings. The number of alkyl halides is 1. The molecule has 0 spiro atoms. The van der Waals surface area contributed by atoms with Crippen molar-refractivity contribution in [1.82, 2.24) is 5.32 Å². The summed E-state index contributed by atoms with van der Waals surface area (Å²) >= 11 is 0. The van der Waals surface area contributed by atoms with Gasteiger partial charge in [-0.3, -0.25) is 0 Å². The van der Waals surface area contributed by atoms with E-state index in [2.05, 4.69) is 11.9 Å². The Morgan fingerprint density at radius 2 is 2.16 bits per heavy atom. The molecule has 2 atom stereocenters. The van der Waals surface area contributed by atoms with Crippen LogP contribution in [-0.4, -0.2) is 18.8 Å². The fourth-order valence-corrected chi connectivity index (χ4v) is 1.68. The number of allylic oxidation sites excluding steroid dienone is 1. The first-order valence-electron chi connectivity index (χ1n) is 6.38. The van der Waals surface area contributed by atoms with Crippen LogP contribution in [0.1, 0.15) is 18.9 Å². The molecular weight excluding hydrogens is 245 g/mol. The van der Waals surface area contributed by atoms with Crippen LogP contribution in [-0.2, 0) is 11.3 Å². The number of rotatable bonds is 7. The SMILES string of the molecule is C=C[C@H](CC)[C@@H](F)CNC(=O)OCc1ccccc1. The van der Waals surface area contributed by atoms with Crippen LogP contribution >= 0.6 is 0 Å². The molecule has 0 radical (unpaired) electrons. The molecule has 1 rings (SSSR count). The maximum Gasteiger partial charge on any atom is 0.407 e. The molecule has 0 saturated carbocycles. The number of carbonyl (C=O) groups excluding carboxylic acids is 1. The van der Waals surface area contributed by atoms with Crippen LogP contribution in [0.4, 0.5) is 9.18 Å². The van der Waals surface area contributed by atoms with Gasteiger partial charge in [0.05, 0.1) is 6.54 Å². The van der Waals surface area contributed by atoms with Crippen molar-refractivity contribution in [2.45, 2.75) is 26.1 Å². The van der Waals surface area contributed by atoms with Crippen molar-refractivity contribution in [3.8, 4) is 0 Å². The van der Waals surface area contributed by atoms with Crippen LogP contribution in [0, 0.1) is 5.92 Å². The molecule has 1 aromatic carbocycles. The number of ether oxygens (including phenoxy) is 1. The van der Waals surface area contributed by atoms with Crippen molar-refractivity contribution < 1.29 is 13.9 Å². The summed E-state index contributed by atoms with van der Waals surface area (Å²) in [5.74, 6) is -0.241. The Bertz CT molecular complexity index is 394. The van der Waals surface area contributed by atoms with Gasteiger partial charge in [0.15, 0.2) is 0 Å². The molecule has 4 heteroatoms. The number of carbonyl (C=O) groups is 1. The third-order valence-electron chi connectivity index (χ3n) is 2.89. The first kappa shape index (κ1) is 15.2. The van der Waals surface area contributed by atoms with Gasteiger partial charge in [-0.2, -0.15) is 0 Å². The zero-order valence-electron chi connectivity index (χ0n) is 11.1. The van der Waals surface area contributed by atoms with Crippen molar-refractivity contribution in [2.75, 3.05) is 6.54 Å². The average Bonchev–Trinajstić information content (AvgIpc) is 2.45. The lowest BCUT2D eigenvalue weighted by Gasteiger charge is -2.16. The number of nitrogens with one attached hydrogen (secondary N) is 1. The molecule has 0 bridgehead atoms. The number of halogens is 1. The normalized spacial score (nSPS) is 13.4. The van der Waals surface area contributed by atoms with Gasteiger partial charge in [0.25, 0.3) is 0 Å². The largest absolute Gasteiger partial charge is 0.445 e. The predicted octanol–water partition coefficient (Wildman–Crippen LogP) is 3.46. The first-order chi connectivity index (χ1) is 9.17. The second kappa shape index (κ2) is 8.29. The molecule has 1 amide bonds. The minimum absolute atomic E-state index is 0.0574. The van der Waals surface area contributed by atoms with Crippen molar-refractivity contribution in [1.29, 1.82) is 0 Å². The van der Waals surface area contributed by atoms with E-state index in [1.165, 1.54) is 0 Å². The minimum Gasteiger partial charge on any atom is -0.445 e. The van der Waals surface area contributed by atoms with E-state index in [9.17, 15) is 9.18 Å². The molecule has 0 aliphatic rings. The first-order valence-corrected chi connectivity index (χ1v) is 6.38. The summed E-state index contributed by atoms with van der Waals surface area (Å²) < 4.78 is 18.6. The third-order valence-corrected chi connectivity index (χ3v) is 2.89. The Hall–Kier alpha value is -1.84. The summed E-state index contributed by atoms with van der Waals surface area (Å²) in [5.41, 5.74) is 0.895. The van der Waals surface area contributed by atoms with Gasteiger partial charge in [-0.15, -0.1) is 6.58 Å². The summed E-state index contributed by atoms with van der Waals surface area (Å²) in [4.78, 5) is 11.4. The van der Waals surface area contributed by atoms with Gasteiger partial charge in [-0.05, 0) is 12.0 Å². The van der Waals surface area contributed by atoms with Crippen molar-refractivity contribution in [3.05, 3.63) is 48.6 Å². The van der Waals surface area contributed by atoms with E-state index >= 15 is 0 Å². The van der Waals surface area contributed by atoms with E-state index in [1.54, 1.807) is 6.08 Å². The lowest BCUT2D eigenvalue weighted by atomic mass is 10.0. The topological polar surface area (TPSA) is 38.3 Å². The third kappa shape index (κ3) is 5.55. The van der Waals surface area contributed by atoms with Crippen LogP contribution < -0.4 is 5.32 Å². The highest BCUT2D eigenvalue weighted by Gasteiger charge is 2.17. The maximum absolute atomic E-state index is 13.7. The molecule has 0 heterocycles. The zero-order chi connectivity index (χ0) is 14.1. The minimum atomic E-state index is -1.13. The number of hydrogen-bond acceptors (Lipinski definition) is 2. The predicted molar refractivity (Wildman–Crippen MR) is 73.5 cm³/mol. The summed E-state index contributed by atoms with van der Waals surface area (Å²) in [6, 6.07) is 9.33. The fourth-order valence-electron chi connectivity index (χ4n) is 1.68. The zero-order valence-corrected chi connectivity index (χ0v) is 11.1. The highest BCUT2D eigenvalue weighted by Crippen LogP contribution is 2.12. The molecule has 0 aliphatic carbocycles. The lowest BCUT2D eigenvalue weighted by Crippen LogP contribution is -2.33. The number of benzene rings is 1. The standard InChI is InChI=1S/C15H20FNO2/c1-3-13(4-2)14(16)10-17-15(18)19-11-12-8-6-5-7-9-12/h3,5-9,13-14H,1,4,10-11H2,2H3,(H,17,18)/t13-,14+/m1/s1. The van der Waals surface area contributed by atoms with Gasteiger partial charge in [-0.1, -0.05) is 43.3 Å². The lowest BCUT2D eigenvalue weighted by molar-refractivity contribution is 0.134. The Labute approximate surface area is 113 Å². The Kier molecular flexibility index (Phi) is 6.64. The second-order valence-electron chi connectivity index (χ2n) is 4.27.